The minimum atomic E-state index is 0.598. The minimum absolute atomic E-state index is 0.598. The first-order chi connectivity index (χ1) is 12.3. The van der Waals surface area contributed by atoms with Gasteiger partial charge in [0.05, 0.1) is 20.0 Å². The molecule has 0 aliphatic heterocycles. The number of methoxy groups -OCH3 is 1. The summed E-state index contributed by atoms with van der Waals surface area (Å²) in [5, 5.41) is 6.64. The van der Waals surface area contributed by atoms with Gasteiger partial charge in [-0.25, -0.2) is 0 Å². The number of ether oxygens (including phenoxy) is 2. The fourth-order valence-electron chi connectivity index (χ4n) is 2.28. The van der Waals surface area contributed by atoms with Gasteiger partial charge in [0.1, 0.15) is 5.76 Å². The summed E-state index contributed by atoms with van der Waals surface area (Å²) in [6, 6.07) is 9.61. The van der Waals surface area contributed by atoms with Crippen molar-refractivity contribution in [3.05, 3.63) is 42.4 Å². The van der Waals surface area contributed by atoms with Crippen molar-refractivity contribution < 1.29 is 13.9 Å². The van der Waals surface area contributed by atoms with E-state index < -0.39 is 0 Å². The molecule has 2 rings (SSSR count). The standard InChI is InChI=1S/C19H27N3O3/c1-4-11-20-19(21-12-10-16-7-6-13-25-16)22-15-8-9-17(24-5-2)18(14-15)23-3/h6-9,13-14H,4-5,10-12H2,1-3H3,(H2,20,21,22). The molecule has 0 amide bonds. The molecule has 0 fully saturated rings. The molecule has 0 radical (unpaired) electrons. The van der Waals surface area contributed by atoms with Gasteiger partial charge < -0.3 is 24.5 Å². The van der Waals surface area contributed by atoms with E-state index in [0.29, 0.717) is 12.4 Å². The summed E-state index contributed by atoms with van der Waals surface area (Å²) in [5.41, 5.74) is 0.889. The number of hydrogen-bond acceptors (Lipinski definition) is 4. The first kappa shape index (κ1) is 18.7. The van der Waals surface area contributed by atoms with Gasteiger partial charge >= 0.3 is 0 Å². The van der Waals surface area contributed by atoms with Gasteiger partial charge in [-0.3, -0.25) is 4.99 Å². The van der Waals surface area contributed by atoms with Gasteiger partial charge in [0.25, 0.3) is 0 Å². The Hall–Kier alpha value is -2.63. The highest BCUT2D eigenvalue weighted by Gasteiger charge is 2.07. The van der Waals surface area contributed by atoms with Gasteiger partial charge in [0.2, 0.25) is 0 Å². The summed E-state index contributed by atoms with van der Waals surface area (Å²) in [6.07, 6.45) is 3.47. The Morgan fingerprint density at radius 1 is 1.20 bits per heavy atom. The zero-order chi connectivity index (χ0) is 17.9. The molecule has 0 unspecified atom stereocenters. The fraction of sp³-hybridized carbons (Fsp3) is 0.421. The van der Waals surface area contributed by atoms with Crippen LogP contribution in [0.2, 0.25) is 0 Å². The zero-order valence-corrected chi connectivity index (χ0v) is 15.2. The zero-order valence-electron chi connectivity index (χ0n) is 15.2. The van der Waals surface area contributed by atoms with Crippen molar-refractivity contribution in [3.63, 3.8) is 0 Å². The van der Waals surface area contributed by atoms with E-state index in [4.69, 9.17) is 13.9 Å². The predicted octanol–water partition coefficient (Wildman–Crippen LogP) is 3.70. The molecule has 1 aromatic heterocycles. The lowest BCUT2D eigenvalue weighted by atomic mass is 10.2. The van der Waals surface area contributed by atoms with E-state index in [2.05, 4.69) is 22.5 Å². The molecule has 0 bridgehead atoms. The van der Waals surface area contributed by atoms with Crippen molar-refractivity contribution in [1.29, 1.82) is 0 Å². The van der Waals surface area contributed by atoms with Gasteiger partial charge in [0, 0.05) is 31.3 Å². The van der Waals surface area contributed by atoms with Crippen LogP contribution in [0.1, 0.15) is 26.0 Å². The smallest absolute Gasteiger partial charge is 0.195 e. The Labute approximate surface area is 149 Å². The molecule has 136 valence electrons. The summed E-state index contributed by atoms with van der Waals surface area (Å²) in [4.78, 5) is 4.56. The van der Waals surface area contributed by atoms with Crippen molar-refractivity contribution in [3.8, 4) is 11.5 Å². The van der Waals surface area contributed by atoms with Gasteiger partial charge in [-0.1, -0.05) is 6.92 Å². The minimum Gasteiger partial charge on any atom is -0.493 e. The van der Waals surface area contributed by atoms with E-state index in [1.54, 1.807) is 13.4 Å². The fourth-order valence-corrected chi connectivity index (χ4v) is 2.28. The second kappa shape index (κ2) is 10.3. The van der Waals surface area contributed by atoms with E-state index in [9.17, 15) is 0 Å². The van der Waals surface area contributed by atoms with Crippen molar-refractivity contribution >= 4 is 11.6 Å². The maximum Gasteiger partial charge on any atom is 0.195 e. The molecule has 6 heteroatoms. The Morgan fingerprint density at radius 2 is 2.08 bits per heavy atom. The molecule has 2 N–H and O–H groups in total. The number of hydrogen-bond donors (Lipinski definition) is 2. The Bertz CT molecular complexity index is 654. The van der Waals surface area contributed by atoms with Crippen molar-refractivity contribution in [2.75, 3.05) is 32.1 Å². The molecular formula is C19H27N3O3. The van der Waals surface area contributed by atoms with Crippen LogP contribution in [0, 0.1) is 0 Å². The van der Waals surface area contributed by atoms with Gasteiger partial charge in [-0.2, -0.15) is 0 Å². The Kier molecular flexibility index (Phi) is 7.69. The monoisotopic (exact) mass is 345 g/mol. The maximum absolute atomic E-state index is 5.55. The van der Waals surface area contributed by atoms with Crippen LogP contribution >= 0.6 is 0 Å². The second-order valence-electron chi connectivity index (χ2n) is 5.41. The summed E-state index contributed by atoms with van der Waals surface area (Å²) in [6.45, 7) is 6.14. The quantitative estimate of drug-likeness (QED) is 0.536. The van der Waals surface area contributed by atoms with Crippen LogP contribution in [0.3, 0.4) is 0 Å². The number of guanidine groups is 1. The highest BCUT2D eigenvalue weighted by molar-refractivity contribution is 5.93. The number of aliphatic imine (C=N–C) groups is 1. The first-order valence-electron chi connectivity index (χ1n) is 8.65. The van der Waals surface area contributed by atoms with Crippen LogP contribution in [0.25, 0.3) is 0 Å². The number of rotatable bonds is 9. The average molecular weight is 345 g/mol. The van der Waals surface area contributed by atoms with E-state index in [1.165, 1.54) is 0 Å². The molecule has 0 aliphatic rings. The third-order valence-corrected chi connectivity index (χ3v) is 3.46. The number of benzene rings is 1. The number of furan rings is 1. The van der Waals surface area contributed by atoms with E-state index >= 15 is 0 Å². The van der Waals surface area contributed by atoms with Gasteiger partial charge in [-0.15, -0.1) is 0 Å². The Morgan fingerprint density at radius 3 is 2.76 bits per heavy atom. The topological polar surface area (TPSA) is 68.0 Å². The molecule has 2 aromatic rings. The summed E-state index contributed by atoms with van der Waals surface area (Å²) in [5.74, 6) is 3.11. The van der Waals surface area contributed by atoms with E-state index in [0.717, 1.165) is 49.1 Å². The highest BCUT2D eigenvalue weighted by atomic mass is 16.5. The predicted molar refractivity (Wildman–Crippen MR) is 101 cm³/mol. The van der Waals surface area contributed by atoms with Crippen LogP contribution in [0.4, 0.5) is 5.69 Å². The maximum atomic E-state index is 5.55. The third-order valence-electron chi connectivity index (χ3n) is 3.46. The Balaban J connectivity index is 2.00. The molecule has 0 saturated heterocycles. The largest absolute Gasteiger partial charge is 0.493 e. The molecule has 6 nitrogen and oxygen atoms in total. The lowest BCUT2D eigenvalue weighted by Crippen LogP contribution is -2.32. The first-order valence-corrected chi connectivity index (χ1v) is 8.65. The molecule has 25 heavy (non-hydrogen) atoms. The van der Waals surface area contributed by atoms with Crippen molar-refractivity contribution in [2.24, 2.45) is 4.99 Å². The summed E-state index contributed by atoms with van der Waals surface area (Å²) in [7, 11) is 1.63. The van der Waals surface area contributed by atoms with Crippen LogP contribution in [0.5, 0.6) is 11.5 Å². The van der Waals surface area contributed by atoms with E-state index in [-0.39, 0.29) is 0 Å². The van der Waals surface area contributed by atoms with Gasteiger partial charge in [0.15, 0.2) is 17.5 Å². The molecular weight excluding hydrogens is 318 g/mol. The van der Waals surface area contributed by atoms with Crippen molar-refractivity contribution in [1.82, 2.24) is 5.32 Å². The van der Waals surface area contributed by atoms with Crippen LogP contribution < -0.4 is 20.1 Å². The van der Waals surface area contributed by atoms with Crippen LogP contribution in [-0.4, -0.2) is 32.8 Å². The highest BCUT2D eigenvalue weighted by Crippen LogP contribution is 2.30. The second-order valence-corrected chi connectivity index (χ2v) is 5.41. The lowest BCUT2D eigenvalue weighted by molar-refractivity contribution is 0.311. The number of nitrogens with zero attached hydrogens (tertiary/aromatic N) is 1. The summed E-state index contributed by atoms with van der Waals surface area (Å²) < 4.78 is 16.3. The summed E-state index contributed by atoms with van der Waals surface area (Å²) >= 11 is 0. The SMILES string of the molecule is CCCN=C(NCCc1ccco1)Nc1ccc(OCC)c(OC)c1. The molecule has 1 aromatic carbocycles. The van der Waals surface area contributed by atoms with Crippen molar-refractivity contribution in [2.45, 2.75) is 26.7 Å². The number of anilines is 1. The third kappa shape index (κ3) is 6.06. The van der Waals surface area contributed by atoms with Crippen LogP contribution in [-0.2, 0) is 6.42 Å². The average Bonchev–Trinajstić information content (AvgIpc) is 3.14. The number of nitrogens with one attached hydrogen (secondary N) is 2. The van der Waals surface area contributed by atoms with E-state index in [1.807, 2.05) is 37.3 Å². The molecule has 0 spiro atoms. The lowest BCUT2D eigenvalue weighted by Gasteiger charge is -2.15. The normalized spacial score (nSPS) is 11.2. The molecule has 0 saturated carbocycles. The van der Waals surface area contributed by atoms with Crippen LogP contribution in [0.15, 0.2) is 46.0 Å². The molecule has 0 aliphatic carbocycles. The molecule has 0 atom stereocenters. The molecule has 1 heterocycles. The van der Waals surface area contributed by atoms with Gasteiger partial charge in [-0.05, 0) is 37.6 Å².